The maximum atomic E-state index is 5.29. The summed E-state index contributed by atoms with van der Waals surface area (Å²) < 4.78 is 8.11. The van der Waals surface area contributed by atoms with Crippen molar-refractivity contribution in [2.75, 3.05) is 12.4 Å². The van der Waals surface area contributed by atoms with Crippen LogP contribution in [-0.2, 0) is 0 Å². The van der Waals surface area contributed by atoms with Crippen LogP contribution < -0.4 is 10.1 Å². The van der Waals surface area contributed by atoms with Gasteiger partial charge in [-0.15, -0.1) is 0 Å². The molecule has 0 atom stereocenters. The van der Waals surface area contributed by atoms with Crippen LogP contribution in [0.5, 0.6) is 5.75 Å². The van der Waals surface area contributed by atoms with Crippen molar-refractivity contribution in [1.29, 1.82) is 0 Å². The minimum atomic E-state index is 0.763. The van der Waals surface area contributed by atoms with E-state index in [1.54, 1.807) is 7.11 Å². The number of methoxy groups -OCH3 is 1. The van der Waals surface area contributed by atoms with E-state index in [0.29, 0.717) is 0 Å². The molecule has 0 aliphatic heterocycles. The van der Waals surface area contributed by atoms with E-state index in [4.69, 9.17) is 4.74 Å². The molecule has 0 saturated heterocycles. The zero-order chi connectivity index (χ0) is 14.0. The van der Waals surface area contributed by atoms with Crippen molar-refractivity contribution < 1.29 is 4.74 Å². The Kier molecular flexibility index (Phi) is 4.86. The number of anilines is 2. The smallest absolute Gasteiger partial charge is 0.135 e. The lowest BCUT2D eigenvalue weighted by Crippen LogP contribution is -1.97. The van der Waals surface area contributed by atoms with Crippen LogP contribution in [-0.4, -0.2) is 12.1 Å². The van der Waals surface area contributed by atoms with Crippen LogP contribution in [0.15, 0.2) is 37.7 Å². The van der Waals surface area contributed by atoms with Crippen molar-refractivity contribution in [1.82, 2.24) is 4.98 Å². The summed E-state index contributed by atoms with van der Waals surface area (Å²) in [5.74, 6) is 1.55. The Bertz CT molecular complexity index is 617. The van der Waals surface area contributed by atoms with Gasteiger partial charge < -0.3 is 10.1 Å². The highest BCUT2D eigenvalue weighted by atomic mass is 79.9. The van der Waals surface area contributed by atoms with E-state index in [9.17, 15) is 0 Å². The Morgan fingerprint density at radius 1 is 1.05 bits per heavy atom. The Morgan fingerprint density at radius 3 is 2.42 bits per heavy atom. The molecular weight excluding hydrogens is 440 g/mol. The first-order valence-corrected chi connectivity index (χ1v) is 7.82. The highest BCUT2D eigenvalue weighted by molar-refractivity contribution is 9.11. The van der Waals surface area contributed by atoms with Crippen LogP contribution >= 0.6 is 47.8 Å². The first kappa shape index (κ1) is 14.8. The minimum absolute atomic E-state index is 0.763. The van der Waals surface area contributed by atoms with E-state index in [-0.39, 0.29) is 0 Å². The average Bonchev–Trinajstić information content (AvgIpc) is 2.37. The Balaban J connectivity index is 2.34. The van der Waals surface area contributed by atoms with E-state index in [1.807, 2.05) is 31.2 Å². The van der Waals surface area contributed by atoms with Crippen LogP contribution in [0.2, 0.25) is 0 Å². The summed E-state index contributed by atoms with van der Waals surface area (Å²) in [5.41, 5.74) is 1.83. The summed E-state index contributed by atoms with van der Waals surface area (Å²) in [7, 11) is 1.64. The third-order valence-electron chi connectivity index (χ3n) is 2.53. The lowest BCUT2D eigenvalue weighted by molar-refractivity contribution is 0.412. The fraction of sp³-hybridized carbons (Fsp3) is 0.154. The topological polar surface area (TPSA) is 34.1 Å². The molecule has 1 aromatic carbocycles. The third-order valence-corrected chi connectivity index (χ3v) is 4.64. The summed E-state index contributed by atoms with van der Waals surface area (Å²) in [6.45, 7) is 1.95. The number of aromatic nitrogens is 1. The van der Waals surface area contributed by atoms with Crippen LogP contribution in [0.3, 0.4) is 0 Å². The highest BCUT2D eigenvalue weighted by Gasteiger charge is 2.08. The van der Waals surface area contributed by atoms with Gasteiger partial charge in [0, 0.05) is 15.0 Å². The lowest BCUT2D eigenvalue weighted by Gasteiger charge is -2.12. The molecule has 0 radical (unpaired) electrons. The number of hydrogen-bond acceptors (Lipinski definition) is 3. The molecule has 100 valence electrons. The molecule has 0 unspecified atom stereocenters. The molecule has 0 saturated carbocycles. The number of pyridine rings is 1. The molecule has 3 nitrogen and oxygen atoms in total. The molecule has 2 aromatic rings. The Labute approximate surface area is 137 Å². The van der Waals surface area contributed by atoms with E-state index < -0.39 is 0 Å². The predicted molar refractivity (Wildman–Crippen MR) is 88.4 cm³/mol. The van der Waals surface area contributed by atoms with Crippen LogP contribution in [0.4, 0.5) is 11.5 Å². The van der Waals surface area contributed by atoms with E-state index in [0.717, 1.165) is 36.4 Å². The lowest BCUT2D eigenvalue weighted by atomic mass is 10.3. The van der Waals surface area contributed by atoms with Crippen molar-refractivity contribution in [3.8, 4) is 5.75 Å². The molecule has 1 aromatic heterocycles. The fourth-order valence-corrected chi connectivity index (χ4v) is 3.01. The van der Waals surface area contributed by atoms with Gasteiger partial charge in [-0.1, -0.05) is 0 Å². The van der Waals surface area contributed by atoms with Crippen LogP contribution in [0, 0.1) is 6.92 Å². The first-order chi connectivity index (χ1) is 9.01. The van der Waals surface area contributed by atoms with Crippen molar-refractivity contribution in [3.63, 3.8) is 0 Å². The van der Waals surface area contributed by atoms with Gasteiger partial charge >= 0.3 is 0 Å². The second kappa shape index (κ2) is 6.24. The summed E-state index contributed by atoms with van der Waals surface area (Å²) in [5, 5.41) is 3.26. The number of nitrogens with one attached hydrogen (secondary N) is 1. The molecule has 1 heterocycles. The maximum absolute atomic E-state index is 5.29. The quantitative estimate of drug-likeness (QED) is 0.677. The number of nitrogens with zero attached hydrogens (tertiary/aromatic N) is 1. The van der Waals surface area contributed by atoms with Gasteiger partial charge in [-0.25, -0.2) is 4.98 Å². The SMILES string of the molecule is COc1cc(Nc2ccc(Br)c(C)n2)c(Br)cc1Br. The van der Waals surface area contributed by atoms with Gasteiger partial charge in [0.25, 0.3) is 0 Å². The van der Waals surface area contributed by atoms with Gasteiger partial charge in [-0.05, 0) is 72.9 Å². The van der Waals surface area contributed by atoms with Crippen molar-refractivity contribution >= 4 is 59.3 Å². The van der Waals surface area contributed by atoms with Gasteiger partial charge in [0.2, 0.25) is 0 Å². The molecule has 19 heavy (non-hydrogen) atoms. The summed E-state index contributed by atoms with van der Waals surface area (Å²) >= 11 is 10.4. The molecule has 0 amide bonds. The van der Waals surface area contributed by atoms with Crippen molar-refractivity contribution in [3.05, 3.63) is 43.4 Å². The number of aryl methyl sites for hydroxylation is 1. The normalized spacial score (nSPS) is 10.4. The maximum Gasteiger partial charge on any atom is 0.135 e. The van der Waals surface area contributed by atoms with Crippen LogP contribution in [0.25, 0.3) is 0 Å². The van der Waals surface area contributed by atoms with E-state index in [1.165, 1.54) is 0 Å². The molecular formula is C13H11Br3N2O. The minimum Gasteiger partial charge on any atom is -0.495 e. The Hall–Kier alpha value is -0.590. The molecule has 0 aliphatic rings. The molecule has 6 heteroatoms. The number of hydrogen-bond donors (Lipinski definition) is 1. The molecule has 0 spiro atoms. The number of halogens is 3. The van der Waals surface area contributed by atoms with Crippen molar-refractivity contribution in [2.24, 2.45) is 0 Å². The van der Waals surface area contributed by atoms with E-state index in [2.05, 4.69) is 58.1 Å². The highest BCUT2D eigenvalue weighted by Crippen LogP contribution is 2.35. The second-order valence-corrected chi connectivity index (χ2v) is 6.42. The molecule has 0 fully saturated rings. The monoisotopic (exact) mass is 448 g/mol. The van der Waals surface area contributed by atoms with Gasteiger partial charge in [0.05, 0.1) is 23.0 Å². The summed E-state index contributed by atoms with van der Waals surface area (Å²) in [4.78, 5) is 4.46. The summed E-state index contributed by atoms with van der Waals surface area (Å²) in [6.07, 6.45) is 0. The van der Waals surface area contributed by atoms with Gasteiger partial charge in [0.15, 0.2) is 0 Å². The molecule has 2 rings (SSSR count). The largest absolute Gasteiger partial charge is 0.495 e. The predicted octanol–water partition coefficient (Wildman–Crippen LogP) is 5.43. The molecule has 0 aliphatic carbocycles. The Morgan fingerprint density at radius 2 is 1.79 bits per heavy atom. The zero-order valence-corrected chi connectivity index (χ0v) is 15.1. The second-order valence-electron chi connectivity index (χ2n) is 3.86. The molecule has 0 bridgehead atoms. The summed E-state index contributed by atoms with van der Waals surface area (Å²) in [6, 6.07) is 7.73. The number of rotatable bonds is 3. The van der Waals surface area contributed by atoms with Crippen molar-refractivity contribution in [2.45, 2.75) is 6.92 Å². The van der Waals surface area contributed by atoms with E-state index >= 15 is 0 Å². The van der Waals surface area contributed by atoms with Gasteiger partial charge in [-0.3, -0.25) is 0 Å². The zero-order valence-electron chi connectivity index (χ0n) is 10.3. The fourth-order valence-electron chi connectivity index (χ4n) is 1.53. The molecule has 1 N–H and O–H groups in total. The third kappa shape index (κ3) is 3.49. The van der Waals surface area contributed by atoms with Crippen LogP contribution in [0.1, 0.15) is 5.69 Å². The average molecular weight is 451 g/mol. The standard InChI is InChI=1S/C13H11Br3N2O/c1-7-8(14)3-4-13(17-7)18-11-6-12(19-2)10(16)5-9(11)15/h3-6H,1-2H3,(H,17,18). The number of ether oxygens (including phenoxy) is 1. The number of benzene rings is 1. The van der Waals surface area contributed by atoms with Gasteiger partial charge in [0.1, 0.15) is 11.6 Å². The van der Waals surface area contributed by atoms with Gasteiger partial charge in [-0.2, -0.15) is 0 Å². The first-order valence-electron chi connectivity index (χ1n) is 5.44.